The second kappa shape index (κ2) is 1.49. The lowest BCUT2D eigenvalue weighted by atomic mass is 9.91. The number of rotatable bonds is 1. The molecule has 37 valence electrons. The molecule has 1 rings (SSSR count). The third-order valence-electron chi connectivity index (χ3n) is 1.13. The minimum Gasteiger partial charge on any atom is -0.294 e. The summed E-state index contributed by atoms with van der Waals surface area (Å²) in [6.07, 6.45) is 4.34. The van der Waals surface area contributed by atoms with Crippen molar-refractivity contribution >= 4 is 5.78 Å². The standard InChI is InChI=1S/C6H7O/c1-2-5-3-4-6(5)7/h3-4H,2H2,1H3. The average Bonchev–Trinajstić information content (AvgIpc) is 1.65. The molecule has 0 N–H and O–H groups in total. The molecule has 1 heteroatoms. The van der Waals surface area contributed by atoms with Crippen LogP contribution in [0.5, 0.6) is 0 Å². The van der Waals surface area contributed by atoms with Gasteiger partial charge in [-0.05, 0) is 12.5 Å². The molecule has 1 radical (unpaired) electrons. The molecule has 1 aliphatic rings. The average molecular weight is 95.1 g/mol. The summed E-state index contributed by atoms with van der Waals surface area (Å²) >= 11 is 0. The Hall–Kier alpha value is -0.590. The molecule has 0 amide bonds. The minimum absolute atomic E-state index is 0.211. The van der Waals surface area contributed by atoms with Gasteiger partial charge in [0.25, 0.3) is 0 Å². The van der Waals surface area contributed by atoms with E-state index in [1.54, 1.807) is 6.08 Å². The molecule has 0 aliphatic heterocycles. The molecule has 1 aliphatic carbocycles. The van der Waals surface area contributed by atoms with Crippen molar-refractivity contribution in [2.24, 2.45) is 0 Å². The summed E-state index contributed by atoms with van der Waals surface area (Å²) in [6.45, 7) is 1.98. The third kappa shape index (κ3) is 0.581. The molecule has 0 spiro atoms. The lowest BCUT2D eigenvalue weighted by Gasteiger charge is -2.10. The van der Waals surface area contributed by atoms with Crippen LogP contribution in [0.4, 0.5) is 0 Å². The maximum Gasteiger partial charge on any atom is 0.166 e. The van der Waals surface area contributed by atoms with Gasteiger partial charge in [0.15, 0.2) is 5.78 Å². The van der Waals surface area contributed by atoms with Crippen LogP contribution in [0, 0.1) is 5.92 Å². The highest BCUT2D eigenvalue weighted by Crippen LogP contribution is 2.17. The fourth-order valence-corrected chi connectivity index (χ4v) is 0.561. The van der Waals surface area contributed by atoms with Crippen molar-refractivity contribution in [3.05, 3.63) is 18.1 Å². The van der Waals surface area contributed by atoms with Crippen LogP contribution in [0.2, 0.25) is 0 Å². The van der Waals surface area contributed by atoms with Crippen molar-refractivity contribution in [3.8, 4) is 0 Å². The van der Waals surface area contributed by atoms with Gasteiger partial charge in [0.05, 0.1) is 5.92 Å². The lowest BCUT2D eigenvalue weighted by Crippen LogP contribution is -2.13. The summed E-state index contributed by atoms with van der Waals surface area (Å²) in [5, 5.41) is 0. The SMILES string of the molecule is CC[C]1C=CC1=O. The number of ketones is 1. The highest BCUT2D eigenvalue weighted by Gasteiger charge is 2.17. The molecule has 0 bridgehead atoms. The van der Waals surface area contributed by atoms with Crippen LogP contribution in [0.25, 0.3) is 0 Å². The van der Waals surface area contributed by atoms with E-state index < -0.39 is 0 Å². The van der Waals surface area contributed by atoms with Crippen LogP contribution in [-0.2, 0) is 4.79 Å². The Kier molecular flexibility index (Phi) is 0.970. The fraction of sp³-hybridized carbons (Fsp3) is 0.333. The summed E-state index contributed by atoms with van der Waals surface area (Å²) in [5.41, 5.74) is 0. The summed E-state index contributed by atoms with van der Waals surface area (Å²) in [7, 11) is 0. The third-order valence-corrected chi connectivity index (χ3v) is 1.13. The normalized spacial score (nSPS) is 19.9. The molecule has 0 unspecified atom stereocenters. The van der Waals surface area contributed by atoms with Crippen LogP contribution in [0.1, 0.15) is 13.3 Å². The largest absolute Gasteiger partial charge is 0.294 e. The first-order valence-electron chi connectivity index (χ1n) is 2.43. The van der Waals surface area contributed by atoms with Crippen molar-refractivity contribution < 1.29 is 4.79 Å². The number of carbonyl (C=O) groups excluding carboxylic acids is 1. The van der Waals surface area contributed by atoms with Crippen LogP contribution in [-0.4, -0.2) is 5.78 Å². The first-order chi connectivity index (χ1) is 3.34. The Bertz CT molecular complexity index is 113. The number of carbonyl (C=O) groups is 1. The predicted octanol–water partition coefficient (Wildman–Crippen LogP) is 1.11. The highest BCUT2D eigenvalue weighted by atomic mass is 16.1. The molecule has 0 atom stereocenters. The molecule has 0 fully saturated rings. The molecule has 0 aromatic rings. The van der Waals surface area contributed by atoms with Gasteiger partial charge >= 0.3 is 0 Å². The van der Waals surface area contributed by atoms with Crippen LogP contribution in [0.3, 0.4) is 0 Å². The van der Waals surface area contributed by atoms with Crippen molar-refractivity contribution in [2.75, 3.05) is 0 Å². The van der Waals surface area contributed by atoms with Gasteiger partial charge in [-0.25, -0.2) is 0 Å². The van der Waals surface area contributed by atoms with Gasteiger partial charge in [-0.15, -0.1) is 0 Å². The zero-order chi connectivity index (χ0) is 5.28. The quantitative estimate of drug-likeness (QED) is 0.476. The molecular weight excluding hydrogens is 88.1 g/mol. The van der Waals surface area contributed by atoms with Crippen molar-refractivity contribution in [2.45, 2.75) is 13.3 Å². The lowest BCUT2D eigenvalue weighted by molar-refractivity contribution is -0.113. The molecule has 0 aromatic heterocycles. The molecular formula is C6H7O. The van der Waals surface area contributed by atoms with Gasteiger partial charge in [-0.2, -0.15) is 0 Å². The smallest absolute Gasteiger partial charge is 0.166 e. The second-order valence-electron chi connectivity index (χ2n) is 1.58. The van der Waals surface area contributed by atoms with Crippen molar-refractivity contribution in [1.82, 2.24) is 0 Å². The monoisotopic (exact) mass is 95.0 g/mol. The molecule has 1 nitrogen and oxygen atoms in total. The highest BCUT2D eigenvalue weighted by molar-refractivity contribution is 6.09. The number of hydrogen-bond acceptors (Lipinski definition) is 1. The van der Waals surface area contributed by atoms with Gasteiger partial charge in [0.1, 0.15) is 0 Å². The van der Waals surface area contributed by atoms with Crippen LogP contribution in [0.15, 0.2) is 12.2 Å². The molecule has 7 heavy (non-hydrogen) atoms. The Morgan fingerprint density at radius 2 is 2.29 bits per heavy atom. The Balaban J connectivity index is 2.49. The Morgan fingerprint density at radius 1 is 1.57 bits per heavy atom. The van der Waals surface area contributed by atoms with E-state index in [0.29, 0.717) is 0 Å². The van der Waals surface area contributed by atoms with E-state index in [2.05, 4.69) is 0 Å². The summed E-state index contributed by atoms with van der Waals surface area (Å²) < 4.78 is 0. The topological polar surface area (TPSA) is 17.1 Å². The Labute approximate surface area is 43.0 Å². The molecule has 0 aromatic carbocycles. The number of allylic oxidation sites excluding steroid dienone is 2. The van der Waals surface area contributed by atoms with Gasteiger partial charge in [-0.1, -0.05) is 13.0 Å². The summed E-state index contributed by atoms with van der Waals surface area (Å²) in [5.74, 6) is 1.17. The molecule has 0 saturated carbocycles. The van der Waals surface area contributed by atoms with Gasteiger partial charge in [-0.3, -0.25) is 4.79 Å². The first kappa shape index (κ1) is 4.57. The first-order valence-corrected chi connectivity index (χ1v) is 2.43. The van der Waals surface area contributed by atoms with E-state index in [1.165, 1.54) is 0 Å². The van der Waals surface area contributed by atoms with E-state index in [0.717, 1.165) is 12.3 Å². The number of hydrogen-bond donors (Lipinski definition) is 0. The zero-order valence-corrected chi connectivity index (χ0v) is 4.27. The van der Waals surface area contributed by atoms with Crippen LogP contribution < -0.4 is 0 Å². The predicted molar refractivity (Wildman–Crippen MR) is 27.7 cm³/mol. The van der Waals surface area contributed by atoms with Gasteiger partial charge in [0.2, 0.25) is 0 Å². The van der Waals surface area contributed by atoms with Gasteiger partial charge < -0.3 is 0 Å². The van der Waals surface area contributed by atoms with E-state index in [9.17, 15) is 4.79 Å². The van der Waals surface area contributed by atoms with Crippen LogP contribution >= 0.6 is 0 Å². The molecule has 0 saturated heterocycles. The van der Waals surface area contributed by atoms with Crippen molar-refractivity contribution in [3.63, 3.8) is 0 Å². The van der Waals surface area contributed by atoms with E-state index in [1.807, 2.05) is 13.0 Å². The fourth-order valence-electron chi connectivity index (χ4n) is 0.561. The molecule has 0 heterocycles. The summed E-state index contributed by atoms with van der Waals surface area (Å²) in [6, 6.07) is 0. The second-order valence-corrected chi connectivity index (χ2v) is 1.58. The minimum atomic E-state index is 0.211. The van der Waals surface area contributed by atoms with E-state index in [4.69, 9.17) is 0 Å². The maximum absolute atomic E-state index is 10.3. The van der Waals surface area contributed by atoms with E-state index >= 15 is 0 Å². The van der Waals surface area contributed by atoms with E-state index in [-0.39, 0.29) is 5.78 Å². The Morgan fingerprint density at radius 3 is 2.29 bits per heavy atom. The van der Waals surface area contributed by atoms with Gasteiger partial charge in [0, 0.05) is 0 Å². The summed E-state index contributed by atoms with van der Waals surface area (Å²) in [4.78, 5) is 10.3. The van der Waals surface area contributed by atoms with Crippen molar-refractivity contribution in [1.29, 1.82) is 0 Å². The maximum atomic E-state index is 10.3. The zero-order valence-electron chi connectivity index (χ0n) is 4.27.